The molecule has 3 nitrogen and oxygen atoms in total. The molecule has 0 amide bonds. The van der Waals surface area contributed by atoms with Crippen LogP contribution in [0.15, 0.2) is 22.7 Å². The second-order valence-corrected chi connectivity index (χ2v) is 5.78. The van der Waals surface area contributed by atoms with Crippen LogP contribution in [0.1, 0.15) is 19.3 Å². The molecule has 2 rings (SSSR count). The molecular weight excluding hydrogens is 292 g/mol. The van der Waals surface area contributed by atoms with Gasteiger partial charge < -0.3 is 15.0 Å². The Morgan fingerprint density at radius 3 is 2.94 bits per heavy atom. The van der Waals surface area contributed by atoms with Gasteiger partial charge in [0.1, 0.15) is 5.75 Å². The summed E-state index contributed by atoms with van der Waals surface area (Å²) in [5.41, 5.74) is 1.14. The van der Waals surface area contributed by atoms with Crippen LogP contribution < -0.4 is 10.1 Å². The largest absolute Gasteiger partial charge is 0.495 e. The first-order valence-corrected chi connectivity index (χ1v) is 7.27. The van der Waals surface area contributed by atoms with E-state index < -0.39 is 0 Å². The van der Waals surface area contributed by atoms with E-state index in [-0.39, 0.29) is 0 Å². The van der Waals surface area contributed by atoms with Gasteiger partial charge in [-0.25, -0.2) is 0 Å². The van der Waals surface area contributed by atoms with Crippen molar-refractivity contribution in [2.24, 2.45) is 0 Å². The summed E-state index contributed by atoms with van der Waals surface area (Å²) in [4.78, 5) is 2.41. The molecule has 0 aromatic heterocycles. The Balaban J connectivity index is 2.00. The van der Waals surface area contributed by atoms with Gasteiger partial charge in [-0.3, -0.25) is 0 Å². The molecule has 1 fully saturated rings. The molecule has 1 unspecified atom stereocenters. The van der Waals surface area contributed by atoms with Gasteiger partial charge in [0, 0.05) is 17.8 Å². The van der Waals surface area contributed by atoms with Crippen molar-refractivity contribution in [2.75, 3.05) is 32.6 Å². The van der Waals surface area contributed by atoms with Gasteiger partial charge in [-0.2, -0.15) is 0 Å². The van der Waals surface area contributed by atoms with Gasteiger partial charge in [0.25, 0.3) is 0 Å². The number of methoxy groups -OCH3 is 1. The zero-order valence-corrected chi connectivity index (χ0v) is 12.7. The van der Waals surface area contributed by atoms with Crippen LogP contribution in [0.5, 0.6) is 5.75 Å². The maximum absolute atomic E-state index is 5.32. The van der Waals surface area contributed by atoms with E-state index in [1.807, 2.05) is 6.07 Å². The molecule has 1 aliphatic heterocycles. The molecule has 0 aliphatic carbocycles. The molecule has 1 heterocycles. The number of nitrogens with one attached hydrogen (secondary N) is 1. The van der Waals surface area contributed by atoms with Crippen molar-refractivity contribution in [1.82, 2.24) is 4.90 Å². The summed E-state index contributed by atoms with van der Waals surface area (Å²) >= 11 is 3.48. The zero-order valence-electron chi connectivity index (χ0n) is 11.1. The number of likely N-dealkylation sites (tertiary alicyclic amines) is 1. The Morgan fingerprint density at radius 2 is 2.17 bits per heavy atom. The molecule has 0 spiro atoms. The minimum Gasteiger partial charge on any atom is -0.495 e. The molecule has 1 aliphatic rings. The second-order valence-electron chi connectivity index (χ2n) is 4.92. The fourth-order valence-corrected chi connectivity index (χ4v) is 2.78. The maximum Gasteiger partial charge on any atom is 0.135 e. The minimum atomic E-state index is 0.570. The molecular formula is C14H21BrN2O. The number of anilines is 1. The summed E-state index contributed by atoms with van der Waals surface area (Å²) < 4.78 is 6.32. The summed E-state index contributed by atoms with van der Waals surface area (Å²) in [5, 5.41) is 3.62. The number of benzene rings is 1. The Kier molecular flexibility index (Phi) is 4.89. The smallest absolute Gasteiger partial charge is 0.135 e. The van der Waals surface area contributed by atoms with Gasteiger partial charge in [0.15, 0.2) is 0 Å². The van der Waals surface area contributed by atoms with Gasteiger partial charge in [-0.15, -0.1) is 0 Å². The first-order chi connectivity index (χ1) is 8.69. The lowest BCUT2D eigenvalue weighted by molar-refractivity contribution is 0.348. The third-order valence-electron chi connectivity index (χ3n) is 3.47. The van der Waals surface area contributed by atoms with Crippen molar-refractivity contribution in [3.05, 3.63) is 22.7 Å². The maximum atomic E-state index is 5.32. The topological polar surface area (TPSA) is 24.5 Å². The number of halogens is 1. The van der Waals surface area contributed by atoms with Crippen LogP contribution in [0.3, 0.4) is 0 Å². The summed E-state index contributed by atoms with van der Waals surface area (Å²) in [7, 11) is 3.90. The standard InChI is InChI=1S/C14H21BrN2O/c1-17-8-3-4-11(7-9-17)16-12-5-6-13(15)14(10-12)18-2/h5-6,10-11,16H,3-4,7-9H2,1-2H3. The van der Waals surface area contributed by atoms with Crippen LogP contribution in [0.25, 0.3) is 0 Å². The quantitative estimate of drug-likeness (QED) is 0.926. The highest BCUT2D eigenvalue weighted by molar-refractivity contribution is 9.10. The molecule has 1 N–H and O–H groups in total. The van der Waals surface area contributed by atoms with Gasteiger partial charge in [0.2, 0.25) is 0 Å². The molecule has 0 bridgehead atoms. The van der Waals surface area contributed by atoms with Crippen molar-refractivity contribution in [1.29, 1.82) is 0 Å². The van der Waals surface area contributed by atoms with E-state index in [9.17, 15) is 0 Å². The van der Waals surface area contributed by atoms with E-state index in [0.717, 1.165) is 15.9 Å². The first-order valence-electron chi connectivity index (χ1n) is 6.47. The Bertz CT molecular complexity index is 397. The molecule has 1 aromatic rings. The molecule has 100 valence electrons. The number of ether oxygens (including phenoxy) is 1. The van der Waals surface area contributed by atoms with Crippen LogP contribution >= 0.6 is 15.9 Å². The molecule has 18 heavy (non-hydrogen) atoms. The van der Waals surface area contributed by atoms with Gasteiger partial charge in [-0.05, 0) is 67.5 Å². The summed E-state index contributed by atoms with van der Waals surface area (Å²) in [6.07, 6.45) is 3.71. The van der Waals surface area contributed by atoms with E-state index in [4.69, 9.17) is 4.74 Å². The van der Waals surface area contributed by atoms with Gasteiger partial charge in [0.05, 0.1) is 11.6 Å². The van der Waals surface area contributed by atoms with Crippen LogP contribution in [0.2, 0.25) is 0 Å². The summed E-state index contributed by atoms with van der Waals surface area (Å²) in [6.45, 7) is 2.38. The minimum absolute atomic E-state index is 0.570. The predicted molar refractivity (Wildman–Crippen MR) is 79.5 cm³/mol. The Labute approximate surface area is 118 Å². The van der Waals surface area contributed by atoms with E-state index in [0.29, 0.717) is 6.04 Å². The average molecular weight is 313 g/mol. The number of hydrogen-bond acceptors (Lipinski definition) is 3. The van der Waals surface area contributed by atoms with Crippen LogP contribution in [0, 0.1) is 0 Å². The van der Waals surface area contributed by atoms with Crippen molar-refractivity contribution in [2.45, 2.75) is 25.3 Å². The highest BCUT2D eigenvalue weighted by Crippen LogP contribution is 2.28. The number of nitrogens with zero attached hydrogens (tertiary/aromatic N) is 1. The number of rotatable bonds is 3. The lowest BCUT2D eigenvalue weighted by Gasteiger charge is -2.18. The lowest BCUT2D eigenvalue weighted by Crippen LogP contribution is -2.22. The average Bonchev–Trinajstić information content (AvgIpc) is 2.57. The van der Waals surface area contributed by atoms with E-state index in [1.165, 1.54) is 32.4 Å². The third-order valence-corrected chi connectivity index (χ3v) is 4.13. The van der Waals surface area contributed by atoms with Crippen molar-refractivity contribution in [3.63, 3.8) is 0 Å². The van der Waals surface area contributed by atoms with Crippen molar-refractivity contribution >= 4 is 21.6 Å². The highest BCUT2D eigenvalue weighted by Gasteiger charge is 2.14. The van der Waals surface area contributed by atoms with Gasteiger partial charge >= 0.3 is 0 Å². The molecule has 1 aromatic carbocycles. The lowest BCUT2D eigenvalue weighted by atomic mass is 10.1. The first kappa shape index (κ1) is 13.7. The molecule has 1 atom stereocenters. The highest BCUT2D eigenvalue weighted by atomic mass is 79.9. The van der Waals surface area contributed by atoms with Gasteiger partial charge in [-0.1, -0.05) is 0 Å². The van der Waals surface area contributed by atoms with E-state index >= 15 is 0 Å². The fourth-order valence-electron chi connectivity index (χ4n) is 2.37. The second kappa shape index (κ2) is 6.43. The van der Waals surface area contributed by atoms with Crippen LogP contribution in [-0.2, 0) is 0 Å². The Hall–Kier alpha value is -0.740. The molecule has 4 heteroatoms. The fraction of sp³-hybridized carbons (Fsp3) is 0.571. The van der Waals surface area contributed by atoms with E-state index in [2.05, 4.69) is 45.3 Å². The molecule has 1 saturated heterocycles. The van der Waals surface area contributed by atoms with Crippen LogP contribution in [0.4, 0.5) is 5.69 Å². The van der Waals surface area contributed by atoms with Crippen LogP contribution in [-0.4, -0.2) is 38.2 Å². The summed E-state index contributed by atoms with van der Waals surface area (Å²) in [5.74, 6) is 0.880. The normalized spacial score (nSPS) is 21.4. The summed E-state index contributed by atoms with van der Waals surface area (Å²) in [6, 6.07) is 6.75. The van der Waals surface area contributed by atoms with E-state index in [1.54, 1.807) is 7.11 Å². The van der Waals surface area contributed by atoms with Crippen molar-refractivity contribution in [3.8, 4) is 5.75 Å². The zero-order chi connectivity index (χ0) is 13.0. The monoisotopic (exact) mass is 312 g/mol. The predicted octanol–water partition coefficient (Wildman–Crippen LogP) is 3.35. The molecule has 0 radical (unpaired) electrons. The molecule has 0 saturated carbocycles. The SMILES string of the molecule is COc1cc(NC2CCCN(C)CC2)ccc1Br. The number of hydrogen-bond donors (Lipinski definition) is 1. The Morgan fingerprint density at radius 1 is 1.33 bits per heavy atom. The third kappa shape index (κ3) is 3.62. The van der Waals surface area contributed by atoms with Crippen molar-refractivity contribution < 1.29 is 4.74 Å².